The molecule has 0 aliphatic carbocycles. The summed E-state index contributed by atoms with van der Waals surface area (Å²) in [6.45, 7) is 0. The van der Waals surface area contributed by atoms with Crippen molar-refractivity contribution in [2.75, 3.05) is 0 Å². The van der Waals surface area contributed by atoms with Crippen molar-refractivity contribution >= 4 is 18.2 Å². The molecule has 2 nitrogen and oxygen atoms in total. The first-order valence-electron chi connectivity index (χ1n) is 1.86. The number of hydrazone groups is 1. The normalized spacial score (nSPS) is 18.1. The minimum absolute atomic E-state index is 1.46. The van der Waals surface area contributed by atoms with Gasteiger partial charge in [0.1, 0.15) is 0 Å². The lowest BCUT2D eigenvalue weighted by molar-refractivity contribution is 0.678. The summed E-state index contributed by atoms with van der Waals surface area (Å²) in [7, 11) is 3.54. The highest BCUT2D eigenvalue weighted by molar-refractivity contribution is 7.99. The van der Waals surface area contributed by atoms with Gasteiger partial charge in [-0.1, -0.05) is 0 Å². The van der Waals surface area contributed by atoms with Gasteiger partial charge in [-0.15, -0.1) is 0 Å². The van der Waals surface area contributed by atoms with E-state index in [1.807, 2.05) is 11.5 Å². The van der Waals surface area contributed by atoms with Crippen LogP contribution >= 0.6 is 11.9 Å². The van der Waals surface area contributed by atoms with Gasteiger partial charge >= 0.3 is 0 Å². The van der Waals surface area contributed by atoms with Crippen molar-refractivity contribution in [3.8, 4) is 0 Å². The Labute approximate surface area is 47.0 Å². The van der Waals surface area contributed by atoms with Crippen LogP contribution in [-0.4, -0.2) is 10.6 Å². The zero-order valence-corrected chi connectivity index (χ0v) is 4.56. The molecule has 0 aromatic carbocycles. The molecule has 0 unspecified atom stereocenters. The molecule has 0 amide bonds. The van der Waals surface area contributed by atoms with E-state index in [-0.39, 0.29) is 0 Å². The smallest absolute Gasteiger partial charge is 0.0688 e. The largest absolute Gasteiger partial charge is 0.233 e. The third-order valence-electron chi connectivity index (χ3n) is 0.543. The lowest BCUT2D eigenvalue weighted by Gasteiger charge is -2.07. The van der Waals surface area contributed by atoms with Crippen LogP contribution in [0.5, 0.6) is 0 Å². The van der Waals surface area contributed by atoms with E-state index in [4.69, 9.17) is 0 Å². The molecule has 7 heavy (non-hydrogen) atoms. The summed E-state index contributed by atoms with van der Waals surface area (Å²) in [5.74, 6) is 0. The molecule has 1 radical (unpaired) electrons. The number of allylic oxidation sites excluding steroid dienone is 1. The number of nitrogens with zero attached hydrogens (tertiary/aromatic N) is 2. The molecule has 3 heteroatoms. The summed E-state index contributed by atoms with van der Waals surface area (Å²) >= 11 is 1.46. The van der Waals surface area contributed by atoms with Crippen molar-refractivity contribution in [3.05, 3.63) is 18.5 Å². The Hall–Kier alpha value is -0.440. The van der Waals surface area contributed by atoms with E-state index in [0.717, 1.165) is 0 Å². The van der Waals surface area contributed by atoms with Crippen LogP contribution in [0.25, 0.3) is 0 Å². The molecule has 1 rings (SSSR count). The average Bonchev–Trinajstić information content (AvgIpc) is 1.69. The molecule has 0 aromatic rings. The maximum atomic E-state index is 3.80. The summed E-state index contributed by atoms with van der Waals surface area (Å²) in [5.41, 5.74) is 0. The Morgan fingerprint density at radius 1 is 1.71 bits per heavy atom. The summed E-state index contributed by atoms with van der Waals surface area (Å²) in [6, 6.07) is 0. The molecule has 0 fully saturated rings. The first-order valence-corrected chi connectivity index (χ1v) is 2.70. The maximum Gasteiger partial charge on any atom is 0.0688 e. The van der Waals surface area contributed by atoms with Crippen LogP contribution in [0.15, 0.2) is 16.6 Å². The van der Waals surface area contributed by atoms with Crippen LogP contribution in [0.4, 0.5) is 0 Å². The van der Waals surface area contributed by atoms with Gasteiger partial charge in [0.05, 0.1) is 7.05 Å². The van der Waals surface area contributed by atoms with Crippen molar-refractivity contribution in [3.63, 3.8) is 0 Å². The second-order valence-corrected chi connectivity index (χ2v) is 1.96. The fourth-order valence-corrected chi connectivity index (χ4v) is 0.670. The molecule has 1 aliphatic heterocycles. The monoisotopic (exact) mass is 113 g/mol. The van der Waals surface area contributed by atoms with E-state index in [9.17, 15) is 0 Å². The topological polar surface area (TPSA) is 15.6 Å². The first-order chi connectivity index (χ1) is 3.39. The van der Waals surface area contributed by atoms with Gasteiger partial charge in [-0.2, -0.15) is 5.10 Å². The van der Waals surface area contributed by atoms with Crippen molar-refractivity contribution in [2.24, 2.45) is 5.10 Å². The average molecular weight is 113 g/mol. The van der Waals surface area contributed by atoms with Gasteiger partial charge in [0.2, 0.25) is 0 Å². The Balaban J connectivity index is 2.49. The van der Waals surface area contributed by atoms with Crippen molar-refractivity contribution in [2.45, 2.75) is 0 Å². The van der Waals surface area contributed by atoms with Gasteiger partial charge in [-0.05, 0) is 23.4 Å². The molecule has 37 valence electrons. The summed E-state index contributed by atoms with van der Waals surface area (Å²) < 4.78 is 1.54. The fraction of sp³-hybridized carbons (Fsp3) is 0. The molecule has 0 spiro atoms. The predicted octanol–water partition coefficient (Wildman–Crippen LogP) is 1.24. The van der Waals surface area contributed by atoms with Gasteiger partial charge in [-0.3, -0.25) is 0 Å². The van der Waals surface area contributed by atoms with E-state index in [2.05, 4.69) is 12.1 Å². The van der Waals surface area contributed by atoms with Crippen LogP contribution in [0.2, 0.25) is 0 Å². The van der Waals surface area contributed by atoms with Gasteiger partial charge < -0.3 is 0 Å². The Bertz CT molecular complexity index is 108. The molecular weight excluding hydrogens is 108 g/mol. The van der Waals surface area contributed by atoms with Gasteiger partial charge in [0.15, 0.2) is 0 Å². The molecule has 0 bridgehead atoms. The van der Waals surface area contributed by atoms with E-state index in [0.29, 0.717) is 0 Å². The maximum absolute atomic E-state index is 3.80. The Morgan fingerprint density at radius 3 is 2.86 bits per heavy atom. The zero-order valence-electron chi connectivity index (χ0n) is 3.74. The van der Waals surface area contributed by atoms with Crippen LogP contribution in [0, 0.1) is 7.05 Å². The molecule has 1 heterocycles. The van der Waals surface area contributed by atoms with E-state index < -0.39 is 0 Å². The standard InChI is InChI=1S/C4H5N2S/c1-6-5-3-2-4-7-6/h2-4H,1H2. The molecule has 0 N–H and O–H groups in total. The third kappa shape index (κ3) is 1.23. The quantitative estimate of drug-likeness (QED) is 0.439. The third-order valence-corrected chi connectivity index (χ3v) is 1.16. The first kappa shape index (κ1) is 4.71. The van der Waals surface area contributed by atoms with Crippen molar-refractivity contribution in [1.82, 2.24) is 4.41 Å². The molecule has 0 saturated heterocycles. The van der Waals surface area contributed by atoms with Crippen LogP contribution < -0.4 is 0 Å². The lowest BCUT2D eigenvalue weighted by Crippen LogP contribution is -1.95. The van der Waals surface area contributed by atoms with Crippen LogP contribution in [-0.2, 0) is 0 Å². The lowest BCUT2D eigenvalue weighted by atomic mass is 10.7. The second-order valence-electron chi connectivity index (χ2n) is 1.05. The Kier molecular flexibility index (Phi) is 1.36. The van der Waals surface area contributed by atoms with Crippen LogP contribution in [0.1, 0.15) is 0 Å². The van der Waals surface area contributed by atoms with E-state index in [1.165, 1.54) is 11.9 Å². The highest BCUT2D eigenvalue weighted by Gasteiger charge is 1.89. The van der Waals surface area contributed by atoms with Gasteiger partial charge in [-0.25, -0.2) is 4.41 Å². The van der Waals surface area contributed by atoms with Crippen molar-refractivity contribution < 1.29 is 0 Å². The number of hydrogen-bond acceptors (Lipinski definition) is 3. The molecule has 0 aromatic heterocycles. The SMILES string of the molecule is [CH2]N1N=CC=CS1. The number of rotatable bonds is 0. The van der Waals surface area contributed by atoms with Crippen LogP contribution in [0.3, 0.4) is 0 Å². The predicted molar refractivity (Wildman–Crippen MR) is 32.4 cm³/mol. The summed E-state index contributed by atoms with van der Waals surface area (Å²) in [4.78, 5) is 0. The van der Waals surface area contributed by atoms with E-state index >= 15 is 0 Å². The molecule has 0 saturated carbocycles. The van der Waals surface area contributed by atoms with Gasteiger partial charge in [0, 0.05) is 6.21 Å². The summed E-state index contributed by atoms with van der Waals surface area (Å²) in [5, 5.41) is 5.72. The number of hydrogen-bond donors (Lipinski definition) is 0. The fourth-order valence-electron chi connectivity index (χ4n) is 0.281. The second kappa shape index (κ2) is 2.02. The van der Waals surface area contributed by atoms with Crippen molar-refractivity contribution in [1.29, 1.82) is 0 Å². The highest BCUT2D eigenvalue weighted by atomic mass is 32.2. The van der Waals surface area contributed by atoms with Gasteiger partial charge in [0.25, 0.3) is 0 Å². The summed E-state index contributed by atoms with van der Waals surface area (Å²) in [6.07, 6.45) is 3.57. The molecule has 0 atom stereocenters. The zero-order chi connectivity index (χ0) is 5.11. The highest BCUT2D eigenvalue weighted by Crippen LogP contribution is 2.11. The Morgan fingerprint density at radius 2 is 2.57 bits per heavy atom. The minimum atomic E-state index is 1.46. The minimum Gasteiger partial charge on any atom is -0.233 e. The molecular formula is C4H5N2S. The van der Waals surface area contributed by atoms with E-state index in [1.54, 1.807) is 10.6 Å². The molecule has 1 aliphatic rings.